The fourth-order valence-electron chi connectivity index (χ4n) is 2.78. The highest BCUT2D eigenvalue weighted by molar-refractivity contribution is 6.32. The monoisotopic (exact) mass is 365 g/mol. The summed E-state index contributed by atoms with van der Waals surface area (Å²) in [7, 11) is 0. The molecule has 2 aromatic carbocycles. The first kappa shape index (κ1) is 17.6. The third kappa shape index (κ3) is 3.58. The number of halogens is 1. The normalized spacial score (nSPS) is 10.4. The Morgan fingerprint density at radius 3 is 2.62 bits per heavy atom. The lowest BCUT2D eigenvalue weighted by Crippen LogP contribution is -2.24. The van der Waals surface area contributed by atoms with E-state index in [1.165, 1.54) is 0 Å². The number of hydrogen-bond donors (Lipinski definition) is 1. The van der Waals surface area contributed by atoms with Gasteiger partial charge in [-0.1, -0.05) is 28.9 Å². The minimum Gasteiger partial charge on any atom is -0.346 e. The van der Waals surface area contributed by atoms with Gasteiger partial charge in [0.2, 0.25) is 0 Å². The van der Waals surface area contributed by atoms with Crippen molar-refractivity contribution in [1.82, 2.24) is 20.3 Å². The van der Waals surface area contributed by atoms with Gasteiger partial charge in [-0.25, -0.2) is 4.68 Å². The Kier molecular flexibility index (Phi) is 5.01. The third-order valence-electron chi connectivity index (χ3n) is 3.96. The van der Waals surface area contributed by atoms with E-state index >= 15 is 0 Å². The fourth-order valence-corrected chi connectivity index (χ4v) is 3.00. The van der Waals surface area contributed by atoms with Crippen LogP contribution in [0.2, 0.25) is 5.02 Å². The third-order valence-corrected chi connectivity index (χ3v) is 4.28. The van der Waals surface area contributed by atoms with Crippen LogP contribution >= 0.6 is 11.6 Å². The first-order valence-electron chi connectivity index (χ1n) is 7.95. The zero-order valence-electron chi connectivity index (χ0n) is 14.3. The lowest BCUT2D eigenvalue weighted by atomic mass is 9.99. The van der Waals surface area contributed by atoms with Crippen molar-refractivity contribution in [2.24, 2.45) is 0 Å². The Morgan fingerprint density at radius 1 is 1.27 bits per heavy atom. The molecule has 0 atom stereocenters. The molecule has 1 amide bonds. The smallest absolute Gasteiger partial charge is 0.252 e. The van der Waals surface area contributed by atoms with Crippen LogP contribution in [0.3, 0.4) is 0 Å². The molecule has 0 aliphatic rings. The van der Waals surface area contributed by atoms with Crippen molar-refractivity contribution in [2.75, 3.05) is 0 Å². The molecule has 0 fully saturated rings. The van der Waals surface area contributed by atoms with E-state index in [4.69, 9.17) is 16.9 Å². The minimum atomic E-state index is -0.211. The quantitative estimate of drug-likeness (QED) is 0.768. The number of carbonyl (C=O) groups is 1. The van der Waals surface area contributed by atoms with Gasteiger partial charge in [0.05, 0.1) is 35.1 Å². The van der Waals surface area contributed by atoms with Crippen LogP contribution in [-0.2, 0) is 6.54 Å². The SMILES string of the molecule is Cc1cc(C#N)cc(C)c1C(=O)NCc1cn(-c2ccccc2Cl)nn1. The Hall–Kier alpha value is -3.17. The maximum atomic E-state index is 12.5. The van der Waals surface area contributed by atoms with Crippen molar-refractivity contribution >= 4 is 17.5 Å². The summed E-state index contributed by atoms with van der Waals surface area (Å²) in [5.41, 5.74) is 3.97. The molecular formula is C19H16ClN5O. The zero-order valence-corrected chi connectivity index (χ0v) is 15.1. The van der Waals surface area contributed by atoms with Crippen LogP contribution in [0.4, 0.5) is 0 Å². The molecule has 7 heteroatoms. The van der Waals surface area contributed by atoms with Crippen molar-refractivity contribution < 1.29 is 4.79 Å². The topological polar surface area (TPSA) is 83.6 Å². The van der Waals surface area contributed by atoms with Gasteiger partial charge in [-0.3, -0.25) is 4.79 Å². The van der Waals surface area contributed by atoms with Gasteiger partial charge in [-0.05, 0) is 49.2 Å². The van der Waals surface area contributed by atoms with Gasteiger partial charge in [0.1, 0.15) is 5.69 Å². The van der Waals surface area contributed by atoms with Gasteiger partial charge in [0.15, 0.2) is 0 Å². The predicted octanol–water partition coefficient (Wildman–Crippen LogP) is 3.34. The van der Waals surface area contributed by atoms with Crippen molar-refractivity contribution in [2.45, 2.75) is 20.4 Å². The molecule has 0 bridgehead atoms. The molecule has 0 spiro atoms. The first-order valence-corrected chi connectivity index (χ1v) is 8.33. The molecule has 0 unspecified atom stereocenters. The summed E-state index contributed by atoms with van der Waals surface area (Å²) in [5.74, 6) is -0.211. The molecule has 0 radical (unpaired) electrons. The molecule has 1 heterocycles. The molecule has 26 heavy (non-hydrogen) atoms. The molecule has 1 aromatic heterocycles. The van der Waals surface area contributed by atoms with Gasteiger partial charge < -0.3 is 5.32 Å². The number of benzene rings is 2. The molecule has 3 aromatic rings. The average molecular weight is 366 g/mol. The summed E-state index contributed by atoms with van der Waals surface area (Å²) in [5, 5.41) is 20.5. The van der Waals surface area contributed by atoms with Crippen LogP contribution in [0.1, 0.15) is 32.7 Å². The number of nitrogens with one attached hydrogen (secondary N) is 1. The zero-order chi connectivity index (χ0) is 18.7. The van der Waals surface area contributed by atoms with Gasteiger partial charge in [-0.15, -0.1) is 5.10 Å². The van der Waals surface area contributed by atoms with Gasteiger partial charge in [0, 0.05) is 5.56 Å². The second-order valence-corrected chi connectivity index (χ2v) is 6.29. The van der Waals surface area contributed by atoms with Crippen molar-refractivity contribution in [1.29, 1.82) is 5.26 Å². The van der Waals surface area contributed by atoms with Crippen LogP contribution in [0.25, 0.3) is 5.69 Å². The van der Waals surface area contributed by atoms with Crippen molar-refractivity contribution in [3.63, 3.8) is 0 Å². The van der Waals surface area contributed by atoms with Crippen LogP contribution < -0.4 is 5.32 Å². The van der Waals surface area contributed by atoms with Crippen LogP contribution in [-0.4, -0.2) is 20.9 Å². The highest BCUT2D eigenvalue weighted by Crippen LogP contribution is 2.19. The number of aryl methyl sites for hydroxylation is 2. The number of aromatic nitrogens is 3. The Balaban J connectivity index is 1.74. The number of nitrogens with zero attached hydrogens (tertiary/aromatic N) is 4. The van der Waals surface area contributed by atoms with E-state index in [2.05, 4.69) is 21.7 Å². The molecular weight excluding hydrogens is 350 g/mol. The van der Waals surface area contributed by atoms with Crippen molar-refractivity contribution in [3.8, 4) is 11.8 Å². The van der Waals surface area contributed by atoms with Crippen LogP contribution in [0.15, 0.2) is 42.6 Å². The summed E-state index contributed by atoms with van der Waals surface area (Å²) in [6, 6.07) is 12.8. The maximum Gasteiger partial charge on any atom is 0.252 e. The summed E-state index contributed by atoms with van der Waals surface area (Å²) in [6.07, 6.45) is 1.72. The van der Waals surface area contributed by atoms with E-state index in [0.717, 1.165) is 16.8 Å². The number of para-hydroxylation sites is 1. The van der Waals surface area contributed by atoms with Crippen LogP contribution in [0.5, 0.6) is 0 Å². The van der Waals surface area contributed by atoms with E-state index < -0.39 is 0 Å². The predicted molar refractivity (Wildman–Crippen MR) is 98.2 cm³/mol. The van der Waals surface area contributed by atoms with E-state index in [1.54, 1.807) is 29.1 Å². The highest BCUT2D eigenvalue weighted by atomic mass is 35.5. The lowest BCUT2D eigenvalue weighted by Gasteiger charge is -2.10. The average Bonchev–Trinajstić information content (AvgIpc) is 3.08. The summed E-state index contributed by atoms with van der Waals surface area (Å²) >= 11 is 6.15. The molecule has 3 rings (SSSR count). The van der Waals surface area contributed by atoms with Crippen molar-refractivity contribution in [3.05, 3.63) is 75.6 Å². The van der Waals surface area contributed by atoms with Gasteiger partial charge >= 0.3 is 0 Å². The van der Waals surface area contributed by atoms with E-state index in [-0.39, 0.29) is 12.5 Å². The molecule has 0 saturated heterocycles. The second kappa shape index (κ2) is 7.38. The molecule has 6 nitrogen and oxygen atoms in total. The Morgan fingerprint density at radius 2 is 1.96 bits per heavy atom. The molecule has 1 N–H and O–H groups in total. The standard InChI is InChI=1S/C19H16ClN5O/c1-12-7-14(9-21)8-13(2)18(12)19(26)22-10-15-11-25(24-23-15)17-6-4-3-5-16(17)20/h3-8,11H,10H2,1-2H3,(H,22,26). The van der Waals surface area contributed by atoms with Crippen LogP contribution in [0, 0.1) is 25.2 Å². The number of rotatable bonds is 4. The number of carbonyl (C=O) groups excluding carboxylic acids is 1. The van der Waals surface area contributed by atoms with E-state index in [0.29, 0.717) is 21.8 Å². The summed E-state index contributed by atoms with van der Waals surface area (Å²) < 4.78 is 1.57. The highest BCUT2D eigenvalue weighted by Gasteiger charge is 2.14. The number of hydrogen-bond acceptors (Lipinski definition) is 4. The first-order chi connectivity index (χ1) is 12.5. The van der Waals surface area contributed by atoms with Gasteiger partial charge in [0.25, 0.3) is 5.91 Å². The summed E-state index contributed by atoms with van der Waals surface area (Å²) in [6.45, 7) is 3.87. The Labute approximate surface area is 156 Å². The number of amides is 1. The number of nitriles is 1. The Bertz CT molecular complexity index is 996. The maximum absolute atomic E-state index is 12.5. The molecule has 0 saturated carbocycles. The molecule has 0 aliphatic carbocycles. The van der Waals surface area contributed by atoms with Gasteiger partial charge in [-0.2, -0.15) is 5.26 Å². The minimum absolute atomic E-state index is 0.211. The van der Waals surface area contributed by atoms with E-state index in [9.17, 15) is 4.79 Å². The summed E-state index contributed by atoms with van der Waals surface area (Å²) in [4.78, 5) is 12.5. The molecule has 130 valence electrons. The second-order valence-electron chi connectivity index (χ2n) is 5.89. The fraction of sp³-hybridized carbons (Fsp3) is 0.158. The largest absolute Gasteiger partial charge is 0.346 e. The lowest BCUT2D eigenvalue weighted by molar-refractivity contribution is 0.0949. The van der Waals surface area contributed by atoms with E-state index in [1.807, 2.05) is 32.0 Å². The molecule has 0 aliphatic heterocycles.